The number of ether oxygens (including phenoxy) is 1. The Labute approximate surface area is 301 Å². The van der Waals surface area contributed by atoms with Crippen LogP contribution in [0.5, 0.6) is 0 Å². The lowest BCUT2D eigenvalue weighted by atomic mass is 10.1. The van der Waals surface area contributed by atoms with Gasteiger partial charge in [0.1, 0.15) is 11.6 Å². The largest absolute Gasteiger partial charge is 0.419 e. The number of carbonyl (C=O) groups excluding carboxylic acids is 1. The second kappa shape index (κ2) is 16.4. The summed E-state index contributed by atoms with van der Waals surface area (Å²) >= 11 is 0. The average molecular weight is 779 g/mol. The number of amides is 1. The zero-order chi connectivity index (χ0) is 38.6. The van der Waals surface area contributed by atoms with Crippen molar-refractivity contribution in [1.82, 2.24) is 14.9 Å². The lowest BCUT2D eigenvalue weighted by molar-refractivity contribution is -0.140. The van der Waals surface area contributed by atoms with Gasteiger partial charge in [0.05, 0.1) is 34.8 Å². The molecule has 0 bridgehead atoms. The molecule has 3 heterocycles. The summed E-state index contributed by atoms with van der Waals surface area (Å²) in [5.74, 6) is -2.92. The Morgan fingerprint density at radius 2 is 1.21 bits per heavy atom. The van der Waals surface area contributed by atoms with E-state index in [1.807, 2.05) is 9.80 Å². The minimum absolute atomic E-state index is 0.0378. The van der Waals surface area contributed by atoms with Gasteiger partial charge in [-0.15, -0.1) is 0 Å². The van der Waals surface area contributed by atoms with E-state index < -0.39 is 45.1 Å². The fourth-order valence-corrected chi connectivity index (χ4v) is 6.93. The van der Waals surface area contributed by atoms with Gasteiger partial charge in [-0.3, -0.25) is 4.79 Å². The number of morpholine rings is 1. The van der Waals surface area contributed by atoms with Crippen LogP contribution in [0, 0.1) is 11.6 Å². The summed E-state index contributed by atoms with van der Waals surface area (Å²) in [7, 11) is -2.50. The van der Waals surface area contributed by atoms with Gasteiger partial charge in [0.2, 0.25) is 10.0 Å². The van der Waals surface area contributed by atoms with Gasteiger partial charge in [-0.25, -0.2) is 21.9 Å². The molecule has 0 saturated carbocycles. The number of hydrogen-bond donors (Lipinski definition) is 2. The SMILES string of the molecule is CNS(=O)(=O)c1ccc(N2CCOCC2)c(C(=O)N2CCN(c3ccc(C(F)(F)F)c(F)c3)CC2)c1.Fc1cc(N2CCNCC2)ccc1C(F)(F)F. The molecule has 3 aliphatic heterocycles. The lowest BCUT2D eigenvalue weighted by Gasteiger charge is -2.37. The first kappa shape index (κ1) is 40.0. The van der Waals surface area contributed by atoms with Crippen molar-refractivity contribution >= 4 is 33.0 Å². The summed E-state index contributed by atoms with van der Waals surface area (Å²) in [6, 6.07) is 10.3. The standard InChI is InChI=1S/C23H26F4N4O4S.C11H12F4N2/c1-28-36(33,34)17-3-5-21(30-10-12-35-13-11-30)18(15-17)22(32)31-8-6-29(7-9-31)16-2-4-19(20(24)14-16)23(25,26)27;12-10-7-8(17-5-3-16-4-6-17)1-2-9(10)11(13,14)15/h2-5,14-15,28H,6-13H2,1H3;1-2,7,16H,3-6H2. The van der Waals surface area contributed by atoms with Crippen LogP contribution in [0.3, 0.4) is 0 Å². The van der Waals surface area contributed by atoms with E-state index in [0.717, 1.165) is 31.3 Å². The van der Waals surface area contributed by atoms with E-state index in [0.29, 0.717) is 62.5 Å². The molecule has 0 spiro atoms. The molecule has 1 amide bonds. The Morgan fingerprint density at radius 3 is 1.68 bits per heavy atom. The third-order valence-electron chi connectivity index (χ3n) is 9.06. The fraction of sp³-hybridized carbons (Fsp3) is 0.441. The number of nitrogens with one attached hydrogen (secondary N) is 2. The quantitative estimate of drug-likeness (QED) is 0.345. The Morgan fingerprint density at radius 1 is 0.698 bits per heavy atom. The van der Waals surface area contributed by atoms with Crippen molar-refractivity contribution in [1.29, 1.82) is 0 Å². The van der Waals surface area contributed by atoms with Crippen LogP contribution in [0.4, 0.5) is 52.2 Å². The van der Waals surface area contributed by atoms with Crippen LogP contribution >= 0.6 is 0 Å². The smallest absolute Gasteiger partial charge is 0.378 e. The van der Waals surface area contributed by atoms with Crippen molar-refractivity contribution in [3.8, 4) is 0 Å². The topological polar surface area (TPSA) is 97.5 Å². The third-order valence-corrected chi connectivity index (χ3v) is 10.5. The molecule has 19 heteroatoms. The van der Waals surface area contributed by atoms with Gasteiger partial charge in [0, 0.05) is 82.5 Å². The number of piperazine rings is 2. The number of alkyl halides is 6. The lowest BCUT2D eigenvalue weighted by Crippen LogP contribution is -2.49. The monoisotopic (exact) mass is 778 g/mol. The van der Waals surface area contributed by atoms with Gasteiger partial charge in [0.25, 0.3) is 5.91 Å². The molecule has 0 aliphatic carbocycles. The van der Waals surface area contributed by atoms with Crippen molar-refractivity contribution in [3.05, 3.63) is 82.9 Å². The molecule has 3 aromatic carbocycles. The number of rotatable bonds is 6. The summed E-state index contributed by atoms with van der Waals surface area (Å²) < 4.78 is 135. The molecule has 0 atom stereocenters. The van der Waals surface area contributed by atoms with Gasteiger partial charge in [0.15, 0.2) is 0 Å². The Balaban J connectivity index is 0.000000265. The first-order valence-corrected chi connectivity index (χ1v) is 18.1. The van der Waals surface area contributed by atoms with E-state index in [1.165, 1.54) is 31.3 Å². The summed E-state index contributed by atoms with van der Waals surface area (Å²) in [6.45, 7) is 5.91. The second-order valence-electron chi connectivity index (χ2n) is 12.3. The average Bonchev–Trinajstić information content (AvgIpc) is 3.14. The zero-order valence-corrected chi connectivity index (χ0v) is 29.4. The van der Waals surface area contributed by atoms with Gasteiger partial charge < -0.3 is 29.7 Å². The molecule has 10 nitrogen and oxygen atoms in total. The number of benzene rings is 3. The normalized spacial score (nSPS) is 17.4. The molecule has 290 valence electrons. The second-order valence-corrected chi connectivity index (χ2v) is 14.2. The summed E-state index contributed by atoms with van der Waals surface area (Å²) in [6.07, 6.45) is -9.41. The molecule has 0 radical (unpaired) electrons. The molecule has 3 aliphatic rings. The highest BCUT2D eigenvalue weighted by Gasteiger charge is 2.36. The van der Waals surface area contributed by atoms with Crippen LogP contribution in [0.1, 0.15) is 21.5 Å². The number of hydrogen-bond acceptors (Lipinski definition) is 8. The molecule has 2 N–H and O–H groups in total. The molecule has 0 aromatic heterocycles. The van der Waals surface area contributed by atoms with Crippen molar-refractivity contribution < 1.29 is 53.1 Å². The number of nitrogens with zero attached hydrogens (tertiary/aromatic N) is 4. The third kappa shape index (κ3) is 9.68. The number of anilines is 3. The van der Waals surface area contributed by atoms with Crippen molar-refractivity contribution in [2.45, 2.75) is 17.2 Å². The van der Waals surface area contributed by atoms with Gasteiger partial charge in [-0.05, 0) is 61.6 Å². The minimum atomic E-state index is -4.78. The van der Waals surface area contributed by atoms with Gasteiger partial charge >= 0.3 is 12.4 Å². The maximum Gasteiger partial charge on any atom is 0.419 e. The van der Waals surface area contributed by atoms with E-state index in [2.05, 4.69) is 10.0 Å². The fourth-order valence-electron chi connectivity index (χ4n) is 6.17. The summed E-state index contributed by atoms with van der Waals surface area (Å²) in [4.78, 5) is 20.6. The predicted octanol–water partition coefficient (Wildman–Crippen LogP) is 4.81. The van der Waals surface area contributed by atoms with Crippen LogP contribution in [0.2, 0.25) is 0 Å². The van der Waals surface area contributed by atoms with E-state index in [9.17, 15) is 48.3 Å². The van der Waals surface area contributed by atoms with Crippen molar-refractivity contribution in [2.24, 2.45) is 0 Å². The molecular formula is C34H38F8N6O4S. The zero-order valence-electron chi connectivity index (χ0n) is 28.5. The van der Waals surface area contributed by atoms with Crippen LogP contribution < -0.4 is 24.7 Å². The summed E-state index contributed by atoms with van der Waals surface area (Å²) in [5.41, 5.74) is -0.906. The van der Waals surface area contributed by atoms with Crippen LogP contribution in [0.15, 0.2) is 59.5 Å². The molecule has 3 saturated heterocycles. The van der Waals surface area contributed by atoms with Gasteiger partial charge in [-0.2, -0.15) is 26.3 Å². The highest BCUT2D eigenvalue weighted by molar-refractivity contribution is 7.89. The van der Waals surface area contributed by atoms with Crippen LogP contribution in [-0.2, 0) is 27.1 Å². The number of carbonyl (C=O) groups is 1. The molecular weight excluding hydrogens is 740 g/mol. The Kier molecular flexibility index (Phi) is 12.4. The van der Waals surface area contributed by atoms with E-state index in [4.69, 9.17) is 4.74 Å². The van der Waals surface area contributed by atoms with Crippen LogP contribution in [0.25, 0.3) is 0 Å². The molecule has 3 aromatic rings. The molecule has 3 fully saturated rings. The van der Waals surface area contributed by atoms with Crippen molar-refractivity contribution in [2.75, 3.05) is 100 Å². The number of sulfonamides is 1. The summed E-state index contributed by atoms with van der Waals surface area (Å²) in [5, 5.41) is 3.12. The van der Waals surface area contributed by atoms with E-state index in [-0.39, 0.29) is 42.5 Å². The first-order chi connectivity index (χ1) is 25.0. The predicted molar refractivity (Wildman–Crippen MR) is 182 cm³/mol. The number of halogens is 8. The van der Waals surface area contributed by atoms with Gasteiger partial charge in [-0.1, -0.05) is 0 Å². The molecule has 6 rings (SSSR count). The highest BCUT2D eigenvalue weighted by Crippen LogP contribution is 2.35. The van der Waals surface area contributed by atoms with E-state index >= 15 is 0 Å². The maximum absolute atomic E-state index is 14.0. The van der Waals surface area contributed by atoms with E-state index in [1.54, 1.807) is 15.9 Å². The maximum atomic E-state index is 14.0. The molecule has 53 heavy (non-hydrogen) atoms. The van der Waals surface area contributed by atoms with Crippen molar-refractivity contribution in [3.63, 3.8) is 0 Å². The van der Waals surface area contributed by atoms with Crippen LogP contribution in [-0.4, -0.2) is 105 Å². The Hall–Kier alpha value is -4.20. The molecule has 0 unspecified atom stereocenters. The minimum Gasteiger partial charge on any atom is -0.378 e. The Bertz CT molecular complexity index is 1860. The first-order valence-electron chi connectivity index (χ1n) is 16.6. The highest BCUT2D eigenvalue weighted by atomic mass is 32.2.